The van der Waals surface area contributed by atoms with E-state index in [4.69, 9.17) is 24.9 Å². The SMILES string of the molecule is CC(N=C(N=C(N)c1ccccc1)c1cccc(C2=CC3C(C=C2)c2c(ccc4c2oc2ccccc24)C3(C)C)c1)c1cccc2c1OC1C=CC=CC21. The normalized spacial score (nSPS) is 22.8. The van der Waals surface area contributed by atoms with Crippen LogP contribution in [0.15, 0.2) is 166 Å². The molecule has 6 aromatic rings. The van der Waals surface area contributed by atoms with Crippen LogP contribution in [-0.4, -0.2) is 17.8 Å². The van der Waals surface area contributed by atoms with Crippen molar-refractivity contribution in [3.63, 3.8) is 0 Å². The highest BCUT2D eigenvalue weighted by atomic mass is 16.5. The Morgan fingerprint density at radius 2 is 1.57 bits per heavy atom. The van der Waals surface area contributed by atoms with Crippen LogP contribution in [-0.2, 0) is 5.41 Å². The van der Waals surface area contributed by atoms with E-state index >= 15 is 0 Å². The fourth-order valence-electron chi connectivity index (χ4n) is 9.15. The number of hydrogen-bond donors (Lipinski definition) is 1. The maximum Gasteiger partial charge on any atom is 0.157 e. The molecule has 2 heterocycles. The van der Waals surface area contributed by atoms with Gasteiger partial charge in [0.15, 0.2) is 5.84 Å². The Morgan fingerprint density at radius 3 is 2.46 bits per heavy atom. The Balaban J connectivity index is 1.03. The third kappa shape index (κ3) is 5.13. The van der Waals surface area contributed by atoms with Crippen molar-refractivity contribution in [3.8, 4) is 5.75 Å². The summed E-state index contributed by atoms with van der Waals surface area (Å²) in [6.45, 7) is 6.84. The van der Waals surface area contributed by atoms with E-state index in [1.807, 2.05) is 36.4 Å². The minimum Gasteiger partial charge on any atom is -0.485 e. The number of benzene rings is 5. The standard InChI is InChI=1S/C49H41N3O2/c1-29(34-19-12-20-37-35-17-7-9-21-42(35)53-45(34)37)51-48(52-47(50)30-13-5-4-6-14-30)33-16-11-15-31(27-33)32-23-24-39-41(28-32)49(2,3)40-26-25-38-36-18-8-10-22-43(36)54-46(38)44(39)40/h4-29,35,39,41-42H,1-3H3,(H2,50,51,52). The highest BCUT2D eigenvalue weighted by molar-refractivity contribution is 6.11. The first-order valence-electron chi connectivity index (χ1n) is 18.9. The molecule has 54 heavy (non-hydrogen) atoms. The van der Waals surface area contributed by atoms with E-state index in [-0.39, 0.29) is 35.3 Å². The largest absolute Gasteiger partial charge is 0.485 e. The molecular weight excluding hydrogens is 663 g/mol. The van der Waals surface area contributed by atoms with Crippen LogP contribution in [0, 0.1) is 5.92 Å². The Bertz CT molecular complexity index is 2670. The van der Waals surface area contributed by atoms with Gasteiger partial charge in [-0.05, 0) is 53.2 Å². The zero-order chi connectivity index (χ0) is 36.6. The number of rotatable bonds is 5. The Labute approximate surface area is 315 Å². The molecule has 5 nitrogen and oxygen atoms in total. The second kappa shape index (κ2) is 12.4. The molecule has 10 rings (SSSR count). The third-order valence-corrected chi connectivity index (χ3v) is 12.0. The zero-order valence-electron chi connectivity index (χ0n) is 30.6. The molecule has 3 aliphatic carbocycles. The van der Waals surface area contributed by atoms with Crippen LogP contribution < -0.4 is 10.5 Å². The van der Waals surface area contributed by atoms with Crippen molar-refractivity contribution >= 4 is 39.2 Å². The molecule has 0 spiro atoms. The molecule has 5 unspecified atom stereocenters. The number of hydrogen-bond acceptors (Lipinski definition) is 3. The molecule has 5 atom stereocenters. The summed E-state index contributed by atoms with van der Waals surface area (Å²) in [4.78, 5) is 10.3. The van der Waals surface area contributed by atoms with Gasteiger partial charge in [0.25, 0.3) is 0 Å². The van der Waals surface area contributed by atoms with E-state index in [2.05, 4.69) is 136 Å². The van der Waals surface area contributed by atoms with Gasteiger partial charge in [0.1, 0.15) is 28.9 Å². The summed E-state index contributed by atoms with van der Waals surface area (Å²) in [6.07, 6.45) is 15.6. The number of aliphatic imine (C=N–C) groups is 2. The van der Waals surface area contributed by atoms with Crippen LogP contribution >= 0.6 is 0 Å². The zero-order valence-corrected chi connectivity index (χ0v) is 30.6. The molecule has 0 saturated heterocycles. The van der Waals surface area contributed by atoms with Crippen LogP contribution in [0.5, 0.6) is 5.75 Å². The molecular formula is C49H41N3O2. The van der Waals surface area contributed by atoms with Gasteiger partial charge in [0.05, 0.1) is 6.04 Å². The predicted molar refractivity (Wildman–Crippen MR) is 221 cm³/mol. The summed E-state index contributed by atoms with van der Waals surface area (Å²) >= 11 is 0. The van der Waals surface area contributed by atoms with Crippen LogP contribution in [0.3, 0.4) is 0 Å². The molecule has 0 radical (unpaired) electrons. The second-order valence-corrected chi connectivity index (χ2v) is 15.5. The lowest BCUT2D eigenvalue weighted by atomic mass is 9.73. The molecule has 0 bridgehead atoms. The van der Waals surface area contributed by atoms with E-state index < -0.39 is 0 Å². The molecule has 0 saturated carbocycles. The topological polar surface area (TPSA) is 73.1 Å². The van der Waals surface area contributed by atoms with Crippen LogP contribution in [0.2, 0.25) is 0 Å². The van der Waals surface area contributed by atoms with Crippen molar-refractivity contribution < 1.29 is 9.15 Å². The first kappa shape index (κ1) is 32.5. The molecule has 2 N–H and O–H groups in total. The summed E-state index contributed by atoms with van der Waals surface area (Å²) in [5.74, 6) is 2.62. The highest BCUT2D eigenvalue weighted by Crippen LogP contribution is 2.57. The van der Waals surface area contributed by atoms with Gasteiger partial charge >= 0.3 is 0 Å². The average Bonchev–Trinajstić information content (AvgIpc) is 3.85. The average molecular weight is 704 g/mol. The molecule has 1 aromatic heterocycles. The van der Waals surface area contributed by atoms with Crippen molar-refractivity contribution in [1.29, 1.82) is 0 Å². The highest BCUT2D eigenvalue weighted by Gasteiger charge is 2.47. The van der Waals surface area contributed by atoms with Gasteiger partial charge < -0.3 is 14.9 Å². The van der Waals surface area contributed by atoms with Gasteiger partial charge in [-0.15, -0.1) is 0 Å². The van der Waals surface area contributed by atoms with E-state index in [0.29, 0.717) is 11.7 Å². The predicted octanol–water partition coefficient (Wildman–Crippen LogP) is 11.1. The molecule has 264 valence electrons. The molecule has 5 heteroatoms. The van der Waals surface area contributed by atoms with Crippen LogP contribution in [0.1, 0.15) is 77.6 Å². The van der Waals surface area contributed by atoms with Crippen LogP contribution in [0.25, 0.3) is 27.5 Å². The quantitative estimate of drug-likeness (QED) is 0.143. The van der Waals surface area contributed by atoms with Crippen LogP contribution in [0.4, 0.5) is 0 Å². The second-order valence-electron chi connectivity index (χ2n) is 15.5. The Kier molecular flexibility index (Phi) is 7.48. The minimum absolute atomic E-state index is 0.00373. The first-order valence-corrected chi connectivity index (χ1v) is 18.9. The maximum atomic E-state index is 6.69. The van der Waals surface area contributed by atoms with Crippen molar-refractivity contribution in [2.75, 3.05) is 0 Å². The van der Waals surface area contributed by atoms with E-state index in [9.17, 15) is 0 Å². The summed E-state index contributed by atoms with van der Waals surface area (Å²) < 4.78 is 13.1. The van der Waals surface area contributed by atoms with Gasteiger partial charge in [-0.2, -0.15) is 0 Å². The number of nitrogens with zero attached hydrogens (tertiary/aromatic N) is 2. The number of allylic oxidation sites excluding steroid dienone is 6. The van der Waals surface area contributed by atoms with Crippen molar-refractivity contribution in [3.05, 3.63) is 191 Å². The fourth-order valence-corrected chi connectivity index (χ4v) is 9.15. The van der Waals surface area contributed by atoms with E-state index in [0.717, 1.165) is 39.2 Å². The van der Waals surface area contributed by atoms with Gasteiger partial charge in [-0.1, -0.05) is 147 Å². The number of furan rings is 1. The molecule has 0 amide bonds. The van der Waals surface area contributed by atoms with E-state index in [1.54, 1.807) is 0 Å². The first-order chi connectivity index (χ1) is 26.3. The minimum atomic E-state index is -0.235. The maximum absolute atomic E-state index is 6.69. The number of para-hydroxylation sites is 2. The molecule has 0 fully saturated rings. The fraction of sp³-hybridized carbons (Fsp3) is 0.184. The van der Waals surface area contributed by atoms with Gasteiger partial charge in [-0.3, -0.25) is 4.99 Å². The Hall–Kier alpha value is -6.20. The van der Waals surface area contributed by atoms with Crippen molar-refractivity contribution in [2.24, 2.45) is 21.6 Å². The lowest BCUT2D eigenvalue weighted by Gasteiger charge is -2.31. The molecule has 5 aromatic carbocycles. The molecule has 1 aliphatic heterocycles. The third-order valence-electron chi connectivity index (χ3n) is 12.0. The van der Waals surface area contributed by atoms with Gasteiger partial charge in [0, 0.05) is 50.4 Å². The number of ether oxygens (including phenoxy) is 1. The summed E-state index contributed by atoms with van der Waals surface area (Å²) in [6, 6.07) is 37.5. The van der Waals surface area contributed by atoms with Crippen molar-refractivity contribution in [1.82, 2.24) is 0 Å². The lowest BCUT2D eigenvalue weighted by molar-refractivity contribution is 0.266. The van der Waals surface area contributed by atoms with Gasteiger partial charge in [-0.25, -0.2) is 4.99 Å². The van der Waals surface area contributed by atoms with Gasteiger partial charge in [0.2, 0.25) is 0 Å². The van der Waals surface area contributed by atoms with E-state index in [1.165, 1.54) is 33.0 Å². The Morgan fingerprint density at radius 1 is 0.778 bits per heavy atom. The number of amidine groups is 2. The summed E-state index contributed by atoms with van der Waals surface area (Å²) in [7, 11) is 0. The van der Waals surface area contributed by atoms with Crippen molar-refractivity contribution in [2.45, 2.75) is 50.2 Å². The smallest absolute Gasteiger partial charge is 0.157 e. The summed E-state index contributed by atoms with van der Waals surface area (Å²) in [5.41, 5.74) is 17.5. The molecule has 4 aliphatic rings. The summed E-state index contributed by atoms with van der Waals surface area (Å²) in [5, 5.41) is 2.36. The monoisotopic (exact) mass is 703 g/mol. The lowest BCUT2D eigenvalue weighted by Crippen LogP contribution is -2.25. The number of nitrogens with two attached hydrogens (primary N) is 1. The number of fused-ring (bicyclic) bond motifs is 10.